The van der Waals surface area contributed by atoms with Gasteiger partial charge in [-0.25, -0.2) is 9.78 Å². The van der Waals surface area contributed by atoms with Gasteiger partial charge in [-0.1, -0.05) is 44.5 Å². The summed E-state index contributed by atoms with van der Waals surface area (Å²) in [6.45, 7) is 8.81. The largest absolute Gasteiger partial charge is 0.462 e. The van der Waals surface area contributed by atoms with E-state index >= 15 is 0 Å². The predicted molar refractivity (Wildman–Crippen MR) is 158 cm³/mol. The summed E-state index contributed by atoms with van der Waals surface area (Å²) in [7, 11) is 0. The number of ether oxygens (including phenoxy) is 1. The topological polar surface area (TPSA) is 94.3 Å². The van der Waals surface area contributed by atoms with Crippen LogP contribution >= 0.6 is 34.3 Å². The lowest BCUT2D eigenvalue weighted by Gasteiger charge is -2.33. The molecular formula is C29H30ClN3O3S2. The van der Waals surface area contributed by atoms with Gasteiger partial charge in [0.05, 0.1) is 23.6 Å². The van der Waals surface area contributed by atoms with Crippen LogP contribution in [0.2, 0.25) is 5.02 Å². The summed E-state index contributed by atoms with van der Waals surface area (Å²) in [5.41, 5.74) is 10.1. The lowest BCUT2D eigenvalue weighted by atomic mass is 9.72. The van der Waals surface area contributed by atoms with Gasteiger partial charge in [-0.3, -0.25) is 4.79 Å². The SMILES string of the molecule is CCOC(=O)c1c(NC(=O)c2sc3nc(-c4ccc(Cl)cc4)ccc3c2N)sc2c1CCC(C(C)(C)C)C2. The quantitative estimate of drug-likeness (QED) is 0.239. The van der Waals surface area contributed by atoms with E-state index in [1.807, 2.05) is 36.4 Å². The summed E-state index contributed by atoms with van der Waals surface area (Å²) < 4.78 is 5.38. The lowest BCUT2D eigenvalue weighted by Crippen LogP contribution is -2.26. The molecule has 1 aliphatic carbocycles. The van der Waals surface area contributed by atoms with Gasteiger partial charge in [-0.15, -0.1) is 22.7 Å². The molecule has 38 heavy (non-hydrogen) atoms. The highest BCUT2D eigenvalue weighted by atomic mass is 35.5. The van der Waals surface area contributed by atoms with E-state index in [2.05, 4.69) is 26.1 Å². The standard InChI is InChI=1S/C29H30ClN3O3S2/c1-5-36-28(35)22-18-11-8-16(29(2,3)4)14-21(18)37-27(22)33-25(34)24-23(31)19-12-13-20(32-26(19)38-24)15-6-9-17(30)10-7-15/h6-7,9-10,12-13,16H,5,8,11,14,31H2,1-4H3,(H,33,34). The Kier molecular flexibility index (Phi) is 7.24. The molecule has 1 aliphatic rings. The van der Waals surface area contributed by atoms with E-state index in [1.165, 1.54) is 22.7 Å². The average molecular weight is 568 g/mol. The molecule has 0 spiro atoms. The monoisotopic (exact) mass is 567 g/mol. The van der Waals surface area contributed by atoms with Crippen LogP contribution in [0.4, 0.5) is 10.7 Å². The lowest BCUT2D eigenvalue weighted by molar-refractivity contribution is 0.0526. The number of anilines is 2. The number of hydrogen-bond acceptors (Lipinski definition) is 7. The molecular weight excluding hydrogens is 538 g/mol. The maximum atomic E-state index is 13.5. The molecule has 0 fully saturated rings. The number of nitrogens with zero attached hydrogens (tertiary/aromatic N) is 1. The number of nitrogens with one attached hydrogen (secondary N) is 1. The first-order valence-corrected chi connectivity index (χ1v) is 14.7. The van der Waals surface area contributed by atoms with Gasteiger partial charge in [0.15, 0.2) is 0 Å². The van der Waals surface area contributed by atoms with Crippen molar-refractivity contribution in [3.05, 3.63) is 62.3 Å². The predicted octanol–water partition coefficient (Wildman–Crippen LogP) is 7.84. The number of fused-ring (bicyclic) bond motifs is 2. The molecule has 1 unspecified atom stereocenters. The number of pyridine rings is 1. The van der Waals surface area contributed by atoms with E-state index in [1.54, 1.807) is 6.92 Å². The van der Waals surface area contributed by atoms with Gasteiger partial charge < -0.3 is 15.8 Å². The molecule has 5 rings (SSSR count). The maximum Gasteiger partial charge on any atom is 0.341 e. The van der Waals surface area contributed by atoms with Crippen LogP contribution in [0.5, 0.6) is 0 Å². The summed E-state index contributed by atoms with van der Waals surface area (Å²) in [6.07, 6.45) is 2.67. The van der Waals surface area contributed by atoms with E-state index in [9.17, 15) is 9.59 Å². The molecule has 1 amide bonds. The number of halogens is 1. The van der Waals surface area contributed by atoms with Gasteiger partial charge in [0.1, 0.15) is 14.7 Å². The number of benzene rings is 1. The third-order valence-electron chi connectivity index (χ3n) is 7.14. The molecule has 198 valence electrons. The van der Waals surface area contributed by atoms with Gasteiger partial charge >= 0.3 is 5.97 Å². The molecule has 0 saturated carbocycles. The second-order valence-corrected chi connectivity index (χ2v) is 13.1. The van der Waals surface area contributed by atoms with Gasteiger partial charge in [0.2, 0.25) is 0 Å². The van der Waals surface area contributed by atoms with Crippen molar-refractivity contribution in [3.63, 3.8) is 0 Å². The highest BCUT2D eigenvalue weighted by Gasteiger charge is 2.35. The minimum Gasteiger partial charge on any atom is -0.462 e. The van der Waals surface area contributed by atoms with Crippen LogP contribution in [-0.4, -0.2) is 23.5 Å². The number of carbonyl (C=O) groups is 2. The molecule has 1 atom stereocenters. The molecule has 0 saturated heterocycles. The number of nitrogens with two attached hydrogens (primary N) is 1. The Morgan fingerprint density at radius 1 is 1.16 bits per heavy atom. The molecule has 4 aromatic rings. The van der Waals surface area contributed by atoms with Crippen molar-refractivity contribution >= 4 is 67.1 Å². The Morgan fingerprint density at radius 2 is 1.89 bits per heavy atom. The number of nitrogen functional groups attached to an aromatic ring is 1. The van der Waals surface area contributed by atoms with Gasteiger partial charge in [0, 0.05) is 20.8 Å². The Morgan fingerprint density at radius 3 is 2.58 bits per heavy atom. The highest BCUT2D eigenvalue weighted by Crippen LogP contribution is 2.45. The van der Waals surface area contributed by atoms with Crippen LogP contribution < -0.4 is 11.1 Å². The van der Waals surface area contributed by atoms with Crippen LogP contribution in [0.3, 0.4) is 0 Å². The number of rotatable bonds is 5. The van der Waals surface area contributed by atoms with E-state index in [4.69, 9.17) is 27.1 Å². The molecule has 6 nitrogen and oxygen atoms in total. The van der Waals surface area contributed by atoms with E-state index in [-0.39, 0.29) is 17.9 Å². The third kappa shape index (κ3) is 5.05. The summed E-state index contributed by atoms with van der Waals surface area (Å²) in [4.78, 5) is 33.4. The van der Waals surface area contributed by atoms with E-state index in [0.717, 1.165) is 46.3 Å². The van der Waals surface area contributed by atoms with Crippen molar-refractivity contribution < 1.29 is 14.3 Å². The van der Waals surface area contributed by atoms with Crippen molar-refractivity contribution in [2.45, 2.75) is 47.0 Å². The molecule has 0 bridgehead atoms. The summed E-state index contributed by atoms with van der Waals surface area (Å²) >= 11 is 8.74. The summed E-state index contributed by atoms with van der Waals surface area (Å²) in [5, 5.41) is 4.90. The van der Waals surface area contributed by atoms with Crippen molar-refractivity contribution in [1.29, 1.82) is 0 Å². The van der Waals surface area contributed by atoms with Gasteiger partial charge in [-0.2, -0.15) is 0 Å². The number of aromatic nitrogens is 1. The second kappa shape index (κ2) is 10.3. The minimum atomic E-state index is -0.395. The first-order valence-electron chi connectivity index (χ1n) is 12.6. The van der Waals surface area contributed by atoms with Crippen molar-refractivity contribution in [2.24, 2.45) is 11.3 Å². The average Bonchev–Trinajstić information content (AvgIpc) is 3.40. The zero-order valence-electron chi connectivity index (χ0n) is 21.8. The summed E-state index contributed by atoms with van der Waals surface area (Å²) in [6, 6.07) is 11.2. The van der Waals surface area contributed by atoms with Crippen LogP contribution in [0.1, 0.15) is 64.6 Å². The highest BCUT2D eigenvalue weighted by molar-refractivity contribution is 7.21. The number of amides is 1. The Labute approximate surface area is 235 Å². The number of hydrogen-bond donors (Lipinski definition) is 2. The zero-order chi connectivity index (χ0) is 27.2. The van der Waals surface area contributed by atoms with Crippen molar-refractivity contribution in [2.75, 3.05) is 17.7 Å². The second-order valence-electron chi connectivity index (χ2n) is 10.6. The van der Waals surface area contributed by atoms with Crippen LogP contribution in [0, 0.1) is 11.3 Å². The first kappa shape index (κ1) is 26.7. The molecule has 1 aromatic carbocycles. The minimum absolute atomic E-state index is 0.165. The fraction of sp³-hybridized carbons (Fsp3) is 0.345. The molecule has 3 aromatic heterocycles. The normalized spacial score (nSPS) is 15.3. The Bertz CT molecular complexity index is 1530. The van der Waals surface area contributed by atoms with Gasteiger partial charge in [0.25, 0.3) is 5.91 Å². The van der Waals surface area contributed by atoms with Crippen LogP contribution in [0.15, 0.2) is 36.4 Å². The number of esters is 1. The van der Waals surface area contributed by atoms with Gasteiger partial charge in [-0.05, 0) is 67.3 Å². The third-order valence-corrected chi connectivity index (χ3v) is 9.67. The fourth-order valence-corrected chi connectivity index (χ4v) is 7.37. The Hall–Kier alpha value is -2.94. The van der Waals surface area contributed by atoms with Crippen LogP contribution in [0.25, 0.3) is 21.5 Å². The number of carbonyl (C=O) groups excluding carboxylic acids is 2. The smallest absolute Gasteiger partial charge is 0.341 e. The van der Waals surface area contributed by atoms with E-state index < -0.39 is 5.97 Å². The van der Waals surface area contributed by atoms with Crippen molar-refractivity contribution in [3.8, 4) is 11.3 Å². The molecule has 9 heteroatoms. The molecule has 0 radical (unpaired) electrons. The first-order chi connectivity index (χ1) is 18.1. The Balaban J connectivity index is 1.48. The molecule has 3 heterocycles. The maximum absolute atomic E-state index is 13.5. The summed E-state index contributed by atoms with van der Waals surface area (Å²) in [5.74, 6) is -0.241. The number of thiophene rings is 2. The fourth-order valence-electron chi connectivity index (χ4n) is 4.94. The van der Waals surface area contributed by atoms with Crippen LogP contribution in [-0.2, 0) is 17.6 Å². The molecule has 3 N–H and O–H groups in total. The van der Waals surface area contributed by atoms with Crippen molar-refractivity contribution in [1.82, 2.24) is 4.98 Å². The zero-order valence-corrected chi connectivity index (χ0v) is 24.2. The van der Waals surface area contributed by atoms with E-state index in [0.29, 0.717) is 36.9 Å². The molecule has 0 aliphatic heterocycles.